The zero-order valence-corrected chi connectivity index (χ0v) is 24.4. The number of hydrogen-bond acceptors (Lipinski definition) is 8. The first-order valence-corrected chi connectivity index (χ1v) is 14.4. The highest BCUT2D eigenvalue weighted by Gasteiger charge is 2.39. The van der Waals surface area contributed by atoms with Crippen molar-refractivity contribution in [2.45, 2.75) is 38.1 Å². The number of benzene rings is 2. The molecule has 2 saturated heterocycles. The van der Waals surface area contributed by atoms with Crippen LogP contribution >= 0.6 is 0 Å². The Balaban J connectivity index is 1.10. The van der Waals surface area contributed by atoms with Gasteiger partial charge in [0.1, 0.15) is 0 Å². The number of hydrogen-bond donors (Lipinski definition) is 4. The molecule has 3 aromatic rings. The van der Waals surface area contributed by atoms with E-state index in [4.69, 9.17) is 4.74 Å². The number of aryl methyl sites for hydroxylation is 1. The summed E-state index contributed by atoms with van der Waals surface area (Å²) in [5.74, 6) is 0.354. The predicted molar refractivity (Wildman–Crippen MR) is 160 cm³/mol. The molecule has 3 aliphatic heterocycles. The Morgan fingerprint density at radius 2 is 1.91 bits per heavy atom. The molecule has 2 aromatic carbocycles. The molecule has 4 heterocycles. The number of carbonyl (C=O) groups excluding carboxylic acids is 2. The molecule has 3 aliphatic rings. The second kappa shape index (κ2) is 11.3. The number of β-amino-alcohol motifs (C(OH)–C–C–N with tert-alkyl or cyclic N) is 1. The third kappa shape index (κ3) is 5.67. The molecule has 1 aromatic heterocycles. The Bertz CT molecular complexity index is 1580. The first kappa shape index (κ1) is 28.7. The highest BCUT2D eigenvalue weighted by Crippen LogP contribution is 2.30. The maximum absolute atomic E-state index is 14.4. The minimum atomic E-state index is -0.873. The fourth-order valence-corrected chi connectivity index (χ4v) is 5.96. The van der Waals surface area contributed by atoms with Crippen LogP contribution in [0.2, 0.25) is 0 Å². The lowest BCUT2D eigenvalue weighted by Gasteiger charge is -2.36. The fraction of sp³-hybridized carbons (Fsp3) is 0.387. The largest absolute Gasteiger partial charge is 0.494 e. The Hall–Kier alpha value is -4.42. The lowest BCUT2D eigenvalue weighted by atomic mass is 10.0. The van der Waals surface area contributed by atoms with Crippen LogP contribution in [0.15, 0.2) is 48.8 Å². The normalized spacial score (nSPS) is 23.1. The first-order valence-electron chi connectivity index (χ1n) is 14.4. The Kier molecular flexibility index (Phi) is 7.57. The molecule has 0 aliphatic carbocycles. The van der Waals surface area contributed by atoms with Crippen molar-refractivity contribution in [3.63, 3.8) is 0 Å². The number of amides is 2. The van der Waals surface area contributed by atoms with Gasteiger partial charge in [0, 0.05) is 68.4 Å². The summed E-state index contributed by atoms with van der Waals surface area (Å²) in [5.41, 5.74) is 2.79. The molecule has 1 unspecified atom stereocenters. The van der Waals surface area contributed by atoms with Crippen LogP contribution in [0.3, 0.4) is 0 Å². The molecule has 4 N–H and O–H groups in total. The monoisotopic (exact) mass is 589 g/mol. The summed E-state index contributed by atoms with van der Waals surface area (Å²) in [7, 11) is 1.43. The van der Waals surface area contributed by atoms with Gasteiger partial charge in [-0.2, -0.15) is 0 Å². The summed E-state index contributed by atoms with van der Waals surface area (Å²) in [6, 6.07) is 10.0. The molecule has 0 bridgehead atoms. The smallest absolute Gasteiger partial charge is 0.254 e. The number of rotatable bonds is 6. The molecule has 2 fully saturated rings. The number of fused-ring (bicyclic) bond motifs is 1. The molecule has 11 nitrogen and oxygen atoms in total. The number of aromatic nitrogens is 2. The van der Waals surface area contributed by atoms with Crippen LogP contribution in [-0.2, 0) is 4.79 Å². The lowest BCUT2D eigenvalue weighted by Crippen LogP contribution is -2.54. The van der Waals surface area contributed by atoms with E-state index in [0.717, 1.165) is 16.9 Å². The van der Waals surface area contributed by atoms with Crippen molar-refractivity contribution in [1.29, 1.82) is 0 Å². The fourth-order valence-electron chi connectivity index (χ4n) is 5.96. The Labute approximate surface area is 249 Å². The maximum atomic E-state index is 14.4. The maximum Gasteiger partial charge on any atom is 0.254 e. The number of imidazole rings is 1. The summed E-state index contributed by atoms with van der Waals surface area (Å²) < 4.78 is 21.3. The van der Waals surface area contributed by atoms with Gasteiger partial charge in [0.25, 0.3) is 5.91 Å². The number of aliphatic hydroxyl groups is 1. The van der Waals surface area contributed by atoms with Crippen molar-refractivity contribution in [3.05, 3.63) is 71.6 Å². The Morgan fingerprint density at radius 1 is 1.14 bits per heavy atom. The number of halogens is 1. The summed E-state index contributed by atoms with van der Waals surface area (Å²) >= 11 is 0. The second-order valence-electron chi connectivity index (χ2n) is 11.6. The van der Waals surface area contributed by atoms with Gasteiger partial charge in [-0.05, 0) is 55.8 Å². The van der Waals surface area contributed by atoms with Crippen molar-refractivity contribution >= 4 is 23.7 Å². The molecular weight excluding hydrogens is 553 g/mol. The molecule has 226 valence electrons. The second-order valence-corrected chi connectivity index (χ2v) is 11.6. The van der Waals surface area contributed by atoms with E-state index in [1.165, 1.54) is 13.2 Å². The highest BCUT2D eigenvalue weighted by molar-refractivity contribution is 5.96. The molecule has 43 heavy (non-hydrogen) atoms. The van der Waals surface area contributed by atoms with Crippen LogP contribution in [-0.4, -0.2) is 87.7 Å². The molecule has 6 rings (SSSR count). The van der Waals surface area contributed by atoms with Crippen molar-refractivity contribution in [2.75, 3.05) is 45.2 Å². The van der Waals surface area contributed by atoms with E-state index in [9.17, 15) is 19.1 Å². The number of nitrogens with one attached hydrogen (secondary N) is 3. The van der Waals surface area contributed by atoms with Crippen LogP contribution in [0.25, 0.3) is 17.5 Å². The van der Waals surface area contributed by atoms with E-state index in [1.807, 2.05) is 35.9 Å². The van der Waals surface area contributed by atoms with Crippen molar-refractivity contribution in [2.24, 2.45) is 0 Å². The average molecular weight is 590 g/mol. The van der Waals surface area contributed by atoms with Crippen LogP contribution in [0.5, 0.6) is 5.75 Å². The summed E-state index contributed by atoms with van der Waals surface area (Å²) in [6.45, 7) is 5.86. The molecule has 2 amide bonds. The van der Waals surface area contributed by atoms with Gasteiger partial charge >= 0.3 is 0 Å². The standard InChI is InChI=1S/C31H36FN7O4/c1-19-14-21(36-27-28-34-17-25(39(28)9-8-33-27)20-4-7-26(43-3)23(32)15-20)5-6-22(19)29(40)37-10-12-38(13-11-37)30(41)24-16-31(2,42)18-35-24/h4-9,14-15,17,24,27,33,35-36,42H,10-13,16,18H2,1-3H3/t24-,27?,31-/m0/s1. The Morgan fingerprint density at radius 3 is 2.58 bits per heavy atom. The first-order chi connectivity index (χ1) is 20.6. The summed E-state index contributed by atoms with van der Waals surface area (Å²) in [6.07, 6.45) is 5.38. The topological polar surface area (TPSA) is 124 Å². The zero-order valence-electron chi connectivity index (χ0n) is 24.4. The van der Waals surface area contributed by atoms with Gasteiger partial charge in [-0.1, -0.05) is 0 Å². The number of methoxy groups -OCH3 is 1. The number of anilines is 1. The summed E-state index contributed by atoms with van der Waals surface area (Å²) in [4.78, 5) is 34.4. The van der Waals surface area contributed by atoms with Crippen molar-refractivity contribution in [1.82, 2.24) is 30.0 Å². The SMILES string of the molecule is COc1ccc(-c2cnc3n2C=CNC3Nc2ccc(C(=O)N3CCN(C(=O)[C@@H]4C[C@](C)(O)CN4)CC3)c(C)c2)cc1F. The molecule has 0 saturated carbocycles. The molecule has 0 spiro atoms. The molecule has 0 radical (unpaired) electrons. The van der Waals surface area contributed by atoms with Crippen LogP contribution in [0.1, 0.15) is 41.3 Å². The molecule has 3 atom stereocenters. The minimum Gasteiger partial charge on any atom is -0.494 e. The van der Waals surface area contributed by atoms with E-state index >= 15 is 0 Å². The third-order valence-electron chi connectivity index (χ3n) is 8.34. The number of piperazine rings is 1. The highest BCUT2D eigenvalue weighted by atomic mass is 19.1. The van der Waals surface area contributed by atoms with Crippen LogP contribution in [0, 0.1) is 12.7 Å². The van der Waals surface area contributed by atoms with Gasteiger partial charge in [-0.3, -0.25) is 14.2 Å². The van der Waals surface area contributed by atoms with Gasteiger partial charge in [0.05, 0.1) is 30.6 Å². The quantitative estimate of drug-likeness (QED) is 0.346. The van der Waals surface area contributed by atoms with Crippen LogP contribution < -0.4 is 20.7 Å². The van der Waals surface area contributed by atoms with Crippen molar-refractivity contribution < 1.29 is 23.8 Å². The lowest BCUT2D eigenvalue weighted by molar-refractivity contribution is -0.134. The van der Waals surface area contributed by atoms with Crippen molar-refractivity contribution in [3.8, 4) is 17.0 Å². The van der Waals surface area contributed by atoms with Gasteiger partial charge in [-0.15, -0.1) is 0 Å². The van der Waals surface area contributed by atoms with E-state index < -0.39 is 11.4 Å². The zero-order chi connectivity index (χ0) is 30.3. The van der Waals surface area contributed by atoms with Gasteiger partial charge in [-0.25, -0.2) is 9.37 Å². The molecular formula is C31H36FN7O4. The number of carbonyl (C=O) groups is 2. The number of nitrogens with zero attached hydrogens (tertiary/aromatic N) is 4. The van der Waals surface area contributed by atoms with E-state index in [1.54, 1.807) is 41.3 Å². The third-order valence-corrected chi connectivity index (χ3v) is 8.34. The predicted octanol–water partition coefficient (Wildman–Crippen LogP) is 2.55. The van der Waals surface area contributed by atoms with Gasteiger partial charge in [0.15, 0.2) is 23.6 Å². The van der Waals surface area contributed by atoms with Gasteiger partial charge < -0.3 is 35.6 Å². The van der Waals surface area contributed by atoms with E-state index in [-0.39, 0.29) is 29.8 Å². The summed E-state index contributed by atoms with van der Waals surface area (Å²) in [5, 5.41) is 20.0. The van der Waals surface area contributed by atoms with Crippen LogP contribution in [0.4, 0.5) is 10.1 Å². The van der Waals surface area contributed by atoms with E-state index in [2.05, 4.69) is 20.9 Å². The minimum absolute atomic E-state index is 0.0217. The average Bonchev–Trinajstić information content (AvgIpc) is 3.60. The van der Waals surface area contributed by atoms with Gasteiger partial charge in [0.2, 0.25) is 5.91 Å². The van der Waals surface area contributed by atoms with E-state index in [0.29, 0.717) is 56.1 Å². The molecule has 12 heteroatoms. The number of ether oxygens (including phenoxy) is 1.